The van der Waals surface area contributed by atoms with Crippen LogP contribution in [0.25, 0.3) is 0 Å². The normalized spacial score (nSPS) is 23.9. The maximum absolute atomic E-state index is 11.6. The monoisotopic (exact) mass is 249 g/mol. The highest BCUT2D eigenvalue weighted by Gasteiger charge is 2.28. The van der Waals surface area contributed by atoms with E-state index in [1.54, 1.807) is 12.0 Å². The Morgan fingerprint density at radius 2 is 2.12 bits per heavy atom. The third-order valence-electron chi connectivity index (χ3n) is 2.79. The van der Waals surface area contributed by atoms with Crippen molar-refractivity contribution in [3.05, 3.63) is 0 Å². The van der Waals surface area contributed by atoms with Crippen molar-refractivity contribution in [3.63, 3.8) is 0 Å². The molecule has 1 saturated carbocycles. The van der Waals surface area contributed by atoms with E-state index in [4.69, 9.17) is 21.1 Å². The van der Waals surface area contributed by atoms with Gasteiger partial charge < -0.3 is 14.4 Å². The molecule has 0 atom stereocenters. The van der Waals surface area contributed by atoms with Crippen LogP contribution in [-0.4, -0.2) is 56.7 Å². The molecule has 0 aliphatic heterocycles. The lowest BCUT2D eigenvalue weighted by molar-refractivity contribution is -0.136. The van der Waals surface area contributed by atoms with E-state index in [-0.39, 0.29) is 12.5 Å². The Hall–Kier alpha value is -0.320. The Labute approximate surface area is 102 Å². The van der Waals surface area contributed by atoms with E-state index < -0.39 is 0 Å². The molecular weight excluding hydrogens is 230 g/mol. The zero-order chi connectivity index (χ0) is 12.0. The van der Waals surface area contributed by atoms with E-state index in [0.29, 0.717) is 24.5 Å². The Morgan fingerprint density at radius 3 is 2.69 bits per heavy atom. The van der Waals surface area contributed by atoms with Gasteiger partial charge in [0.05, 0.1) is 13.2 Å². The summed E-state index contributed by atoms with van der Waals surface area (Å²) in [7, 11) is 3.42. The number of likely N-dealkylation sites (N-methyl/N-ethyl adjacent to an activating group) is 1. The van der Waals surface area contributed by atoms with Gasteiger partial charge in [-0.05, 0) is 18.8 Å². The number of methoxy groups -OCH3 is 1. The number of hydrogen-bond donors (Lipinski definition) is 0. The quantitative estimate of drug-likeness (QED) is 0.502. The summed E-state index contributed by atoms with van der Waals surface area (Å²) >= 11 is 5.88. The van der Waals surface area contributed by atoms with Crippen LogP contribution in [-0.2, 0) is 14.3 Å². The van der Waals surface area contributed by atoms with Crippen LogP contribution in [0.15, 0.2) is 0 Å². The zero-order valence-corrected chi connectivity index (χ0v) is 10.7. The van der Waals surface area contributed by atoms with E-state index in [0.717, 1.165) is 19.4 Å². The number of hydrogen-bond acceptors (Lipinski definition) is 3. The fourth-order valence-electron chi connectivity index (χ4n) is 1.70. The molecule has 16 heavy (non-hydrogen) atoms. The summed E-state index contributed by atoms with van der Waals surface area (Å²) in [5.74, 6) is 0.588. The van der Waals surface area contributed by atoms with Crippen molar-refractivity contribution >= 4 is 17.5 Å². The molecule has 0 aromatic rings. The topological polar surface area (TPSA) is 38.8 Å². The molecule has 0 saturated heterocycles. The van der Waals surface area contributed by atoms with Crippen molar-refractivity contribution in [3.8, 4) is 0 Å². The second-order valence-corrected chi connectivity index (χ2v) is 4.87. The Bertz CT molecular complexity index is 219. The fraction of sp³-hybridized carbons (Fsp3) is 0.909. The van der Waals surface area contributed by atoms with E-state index in [9.17, 15) is 4.79 Å². The number of amides is 1. The number of nitrogens with zero attached hydrogens (tertiary/aromatic N) is 1. The Kier molecular flexibility index (Phi) is 6.09. The van der Waals surface area contributed by atoms with Crippen molar-refractivity contribution in [2.45, 2.75) is 18.2 Å². The Morgan fingerprint density at radius 1 is 1.44 bits per heavy atom. The van der Waals surface area contributed by atoms with Crippen molar-refractivity contribution in [2.24, 2.45) is 5.92 Å². The van der Waals surface area contributed by atoms with E-state index in [1.165, 1.54) is 0 Å². The minimum atomic E-state index is 0.0223. The van der Waals surface area contributed by atoms with E-state index in [1.807, 2.05) is 7.05 Å². The molecule has 0 unspecified atom stereocenters. The van der Waals surface area contributed by atoms with Crippen molar-refractivity contribution < 1.29 is 14.3 Å². The second kappa shape index (κ2) is 7.09. The summed E-state index contributed by atoms with van der Waals surface area (Å²) < 4.78 is 9.99. The summed E-state index contributed by atoms with van der Waals surface area (Å²) in [6.45, 7) is 1.91. The first-order valence-electron chi connectivity index (χ1n) is 5.58. The lowest BCUT2D eigenvalue weighted by Crippen LogP contribution is -2.39. The molecule has 5 heteroatoms. The molecule has 4 nitrogen and oxygen atoms in total. The minimum absolute atomic E-state index is 0.0223. The first-order chi connectivity index (χ1) is 7.63. The predicted octanol–water partition coefficient (Wildman–Crippen LogP) is 1.13. The largest absolute Gasteiger partial charge is 0.382 e. The van der Waals surface area contributed by atoms with E-state index >= 15 is 0 Å². The van der Waals surface area contributed by atoms with Crippen LogP contribution in [0.5, 0.6) is 0 Å². The molecule has 1 amide bonds. The summed E-state index contributed by atoms with van der Waals surface area (Å²) in [5, 5.41) is 0.312. The molecule has 0 N–H and O–H groups in total. The molecular formula is C11H20ClNO3. The van der Waals surface area contributed by atoms with Gasteiger partial charge in [-0.2, -0.15) is 0 Å². The summed E-state index contributed by atoms with van der Waals surface area (Å²) in [6.07, 6.45) is 2.04. The van der Waals surface area contributed by atoms with Gasteiger partial charge in [-0.1, -0.05) is 0 Å². The molecule has 0 heterocycles. The van der Waals surface area contributed by atoms with Crippen molar-refractivity contribution in [1.82, 2.24) is 4.90 Å². The van der Waals surface area contributed by atoms with Crippen LogP contribution in [0.2, 0.25) is 0 Å². The van der Waals surface area contributed by atoms with Crippen molar-refractivity contribution in [2.75, 3.05) is 40.5 Å². The van der Waals surface area contributed by atoms with Gasteiger partial charge in [-0.3, -0.25) is 4.79 Å². The fourth-order valence-corrected chi connectivity index (χ4v) is 2.21. The first-order valence-corrected chi connectivity index (χ1v) is 6.01. The van der Waals surface area contributed by atoms with Crippen molar-refractivity contribution in [1.29, 1.82) is 0 Å². The molecule has 0 aromatic carbocycles. The number of carbonyl (C=O) groups is 1. The molecule has 0 radical (unpaired) electrons. The van der Waals surface area contributed by atoms with Crippen LogP contribution in [0, 0.1) is 5.92 Å². The van der Waals surface area contributed by atoms with Gasteiger partial charge >= 0.3 is 0 Å². The third kappa shape index (κ3) is 4.68. The van der Waals surface area contributed by atoms with Crippen LogP contribution < -0.4 is 0 Å². The van der Waals surface area contributed by atoms with Gasteiger partial charge in [0.15, 0.2) is 0 Å². The SMILES string of the molecule is COCCOCC(=O)N(C)CC1CC(Cl)C1. The number of ether oxygens (including phenoxy) is 2. The van der Waals surface area contributed by atoms with Gasteiger partial charge in [0.1, 0.15) is 6.61 Å². The van der Waals surface area contributed by atoms with Gasteiger partial charge in [-0.25, -0.2) is 0 Å². The molecule has 1 fully saturated rings. The van der Waals surface area contributed by atoms with E-state index in [2.05, 4.69) is 0 Å². The molecule has 0 spiro atoms. The minimum Gasteiger partial charge on any atom is -0.382 e. The van der Waals surface area contributed by atoms with Crippen LogP contribution in [0.1, 0.15) is 12.8 Å². The summed E-state index contributed by atoms with van der Waals surface area (Å²) in [5.41, 5.74) is 0. The highest BCUT2D eigenvalue weighted by atomic mass is 35.5. The summed E-state index contributed by atoms with van der Waals surface area (Å²) in [4.78, 5) is 13.3. The lowest BCUT2D eigenvalue weighted by atomic mass is 9.84. The molecule has 1 aliphatic rings. The standard InChI is InChI=1S/C11H20ClNO3/c1-13(7-9-5-10(12)6-9)11(14)8-16-4-3-15-2/h9-10H,3-8H2,1-2H3. The smallest absolute Gasteiger partial charge is 0.248 e. The number of alkyl halides is 1. The highest BCUT2D eigenvalue weighted by Crippen LogP contribution is 2.32. The van der Waals surface area contributed by atoms with Crippen LogP contribution >= 0.6 is 11.6 Å². The second-order valence-electron chi connectivity index (χ2n) is 4.25. The molecule has 0 aromatic heterocycles. The van der Waals surface area contributed by atoms with Crippen LogP contribution in [0.4, 0.5) is 0 Å². The molecule has 1 aliphatic carbocycles. The highest BCUT2D eigenvalue weighted by molar-refractivity contribution is 6.21. The lowest BCUT2D eigenvalue weighted by Gasteiger charge is -2.34. The maximum atomic E-state index is 11.6. The number of halogens is 1. The zero-order valence-electron chi connectivity index (χ0n) is 9.95. The van der Waals surface area contributed by atoms with Gasteiger partial charge in [0.25, 0.3) is 0 Å². The number of rotatable bonds is 7. The molecule has 0 bridgehead atoms. The third-order valence-corrected chi connectivity index (χ3v) is 3.15. The summed E-state index contributed by atoms with van der Waals surface area (Å²) in [6, 6.07) is 0. The first kappa shape index (κ1) is 13.7. The van der Waals surface area contributed by atoms with Gasteiger partial charge in [-0.15, -0.1) is 11.6 Å². The van der Waals surface area contributed by atoms with Gasteiger partial charge in [0, 0.05) is 26.1 Å². The van der Waals surface area contributed by atoms with Gasteiger partial charge in [0.2, 0.25) is 5.91 Å². The molecule has 94 valence electrons. The van der Waals surface area contributed by atoms with Crippen LogP contribution in [0.3, 0.4) is 0 Å². The average molecular weight is 250 g/mol. The maximum Gasteiger partial charge on any atom is 0.248 e. The predicted molar refractivity (Wildman–Crippen MR) is 62.7 cm³/mol. The molecule has 1 rings (SSSR count). The Balaban J connectivity index is 2.06. The number of carbonyl (C=O) groups excluding carboxylic acids is 1. The average Bonchev–Trinajstić information content (AvgIpc) is 2.21.